The molecule has 3 N–H and O–H groups in total. The summed E-state index contributed by atoms with van der Waals surface area (Å²) in [5.74, 6) is -0.0642. The van der Waals surface area contributed by atoms with Crippen LogP contribution in [0.4, 0.5) is 5.69 Å². The predicted molar refractivity (Wildman–Crippen MR) is 125 cm³/mol. The van der Waals surface area contributed by atoms with Crippen molar-refractivity contribution in [3.8, 4) is 0 Å². The van der Waals surface area contributed by atoms with E-state index in [2.05, 4.69) is 30.4 Å². The van der Waals surface area contributed by atoms with E-state index >= 15 is 0 Å². The zero-order chi connectivity index (χ0) is 22.9. The van der Waals surface area contributed by atoms with Crippen LogP contribution in [-0.2, 0) is 6.42 Å². The van der Waals surface area contributed by atoms with E-state index in [4.69, 9.17) is 0 Å². The normalized spacial score (nSPS) is 21.5. The topological polar surface area (TPSA) is 110 Å². The molecule has 2 aromatic heterocycles. The summed E-state index contributed by atoms with van der Waals surface area (Å²) in [6.07, 6.45) is 5.48. The van der Waals surface area contributed by atoms with Gasteiger partial charge < -0.3 is 20.5 Å². The van der Waals surface area contributed by atoms with Gasteiger partial charge in [0.05, 0.1) is 11.9 Å². The summed E-state index contributed by atoms with van der Waals surface area (Å²) in [7, 11) is 1.60. The van der Waals surface area contributed by atoms with Crippen LogP contribution in [0.15, 0.2) is 29.2 Å². The fourth-order valence-electron chi connectivity index (χ4n) is 5.37. The first kappa shape index (κ1) is 21.6. The second-order valence-corrected chi connectivity index (χ2v) is 9.13. The summed E-state index contributed by atoms with van der Waals surface area (Å²) in [6, 6.07) is 6.14. The van der Waals surface area contributed by atoms with Crippen LogP contribution in [0, 0.1) is 0 Å². The number of nitrogens with one attached hydrogen (secondary N) is 3. The number of aromatic nitrogens is 2. The van der Waals surface area contributed by atoms with Gasteiger partial charge in [-0.15, -0.1) is 0 Å². The van der Waals surface area contributed by atoms with Gasteiger partial charge in [0.15, 0.2) is 0 Å². The highest BCUT2D eigenvalue weighted by Crippen LogP contribution is 2.31. The Balaban J connectivity index is 1.20. The zero-order valence-corrected chi connectivity index (χ0v) is 18.9. The summed E-state index contributed by atoms with van der Waals surface area (Å²) in [6.45, 7) is 4.33. The molecular weight excluding hydrogens is 420 g/mol. The van der Waals surface area contributed by atoms with E-state index in [0.717, 1.165) is 56.8 Å². The minimum absolute atomic E-state index is 0.111. The van der Waals surface area contributed by atoms with Crippen LogP contribution in [0.2, 0.25) is 0 Å². The van der Waals surface area contributed by atoms with Crippen LogP contribution in [0.3, 0.4) is 0 Å². The number of anilines is 1. The highest BCUT2D eigenvalue weighted by Gasteiger charge is 2.33. The quantitative estimate of drug-likeness (QED) is 0.638. The molecule has 2 fully saturated rings. The van der Waals surface area contributed by atoms with Crippen molar-refractivity contribution in [2.24, 2.45) is 0 Å². The van der Waals surface area contributed by atoms with Crippen molar-refractivity contribution in [2.45, 2.75) is 37.6 Å². The Bertz CT molecular complexity index is 1100. The molecule has 1 atom stereocenters. The average molecular weight is 451 g/mol. The Morgan fingerprint density at radius 3 is 2.70 bits per heavy atom. The van der Waals surface area contributed by atoms with Gasteiger partial charge in [-0.1, -0.05) is 0 Å². The van der Waals surface area contributed by atoms with Crippen molar-refractivity contribution in [1.29, 1.82) is 0 Å². The van der Waals surface area contributed by atoms with Crippen molar-refractivity contribution in [3.63, 3.8) is 0 Å². The van der Waals surface area contributed by atoms with Gasteiger partial charge in [-0.25, -0.2) is 4.98 Å². The standard InChI is InChI=1S/C24H30N6O3/c1-25-24(33)20-3-2-17(13-27-20)29-10-6-16(7-11-29)30-9-5-15(14-30)21-12-19-18(23(32)28-21)4-8-26-22(19)31/h2-3,12-13,15-16H,4-11,14H2,1H3,(H,25,33)(H,26,31)(H,28,32). The van der Waals surface area contributed by atoms with Crippen LogP contribution in [0.1, 0.15) is 57.3 Å². The number of pyridine rings is 2. The first-order chi connectivity index (χ1) is 16.0. The van der Waals surface area contributed by atoms with Crippen LogP contribution in [-0.4, -0.2) is 72.5 Å². The fraction of sp³-hybridized carbons (Fsp3) is 0.500. The van der Waals surface area contributed by atoms with Gasteiger partial charge in [0.2, 0.25) is 0 Å². The van der Waals surface area contributed by atoms with E-state index in [1.165, 1.54) is 0 Å². The van der Waals surface area contributed by atoms with Crippen molar-refractivity contribution in [2.75, 3.05) is 44.7 Å². The average Bonchev–Trinajstić information content (AvgIpc) is 3.35. The highest BCUT2D eigenvalue weighted by molar-refractivity contribution is 5.96. The molecule has 3 aliphatic rings. The molecule has 174 valence electrons. The minimum atomic E-state index is -0.176. The second-order valence-electron chi connectivity index (χ2n) is 9.13. The van der Waals surface area contributed by atoms with Crippen molar-refractivity contribution in [1.82, 2.24) is 25.5 Å². The molecular formula is C24H30N6O3. The van der Waals surface area contributed by atoms with Crippen LogP contribution >= 0.6 is 0 Å². The maximum atomic E-state index is 12.5. The van der Waals surface area contributed by atoms with E-state index in [9.17, 15) is 14.4 Å². The number of H-pyrrole nitrogens is 1. The molecule has 1 unspecified atom stereocenters. The third kappa shape index (κ3) is 4.25. The van der Waals surface area contributed by atoms with E-state index in [1.807, 2.05) is 12.1 Å². The molecule has 33 heavy (non-hydrogen) atoms. The number of piperidine rings is 1. The van der Waals surface area contributed by atoms with Gasteiger partial charge in [-0.05, 0) is 50.4 Å². The molecule has 9 nitrogen and oxygen atoms in total. The zero-order valence-electron chi connectivity index (χ0n) is 18.9. The number of rotatable bonds is 4. The summed E-state index contributed by atoms with van der Waals surface area (Å²) >= 11 is 0. The molecule has 2 amide bonds. The Kier molecular flexibility index (Phi) is 5.88. The van der Waals surface area contributed by atoms with Crippen LogP contribution in [0.5, 0.6) is 0 Å². The van der Waals surface area contributed by atoms with Crippen molar-refractivity contribution < 1.29 is 9.59 Å². The SMILES string of the molecule is CNC(=O)c1ccc(N2CCC(N3CCC(c4cc5c(c(=O)[nH]4)CCNC5=O)C3)CC2)cn1. The van der Waals surface area contributed by atoms with Gasteiger partial charge in [-0.2, -0.15) is 0 Å². The van der Waals surface area contributed by atoms with Crippen LogP contribution < -0.4 is 21.1 Å². The lowest BCUT2D eigenvalue weighted by molar-refractivity contribution is 0.0941. The largest absolute Gasteiger partial charge is 0.370 e. The van der Waals surface area contributed by atoms with E-state index < -0.39 is 0 Å². The molecule has 3 aliphatic heterocycles. The Morgan fingerprint density at radius 2 is 1.97 bits per heavy atom. The van der Waals surface area contributed by atoms with Gasteiger partial charge in [0, 0.05) is 62.0 Å². The maximum absolute atomic E-state index is 12.5. The monoisotopic (exact) mass is 450 g/mol. The molecule has 5 heterocycles. The van der Waals surface area contributed by atoms with Gasteiger partial charge in [0.25, 0.3) is 17.4 Å². The number of carbonyl (C=O) groups excluding carboxylic acids is 2. The van der Waals surface area contributed by atoms with E-state index in [1.54, 1.807) is 19.3 Å². The number of fused-ring (bicyclic) bond motifs is 1. The van der Waals surface area contributed by atoms with Gasteiger partial charge in [0.1, 0.15) is 5.69 Å². The highest BCUT2D eigenvalue weighted by atomic mass is 16.2. The number of hydrogen-bond donors (Lipinski definition) is 3. The molecule has 9 heteroatoms. The molecule has 0 aromatic carbocycles. The molecule has 2 saturated heterocycles. The molecule has 0 bridgehead atoms. The number of nitrogens with zero attached hydrogens (tertiary/aromatic N) is 3. The van der Waals surface area contributed by atoms with E-state index in [-0.39, 0.29) is 23.3 Å². The van der Waals surface area contributed by atoms with Crippen molar-refractivity contribution >= 4 is 17.5 Å². The molecule has 0 saturated carbocycles. The van der Waals surface area contributed by atoms with Crippen molar-refractivity contribution in [3.05, 3.63) is 57.3 Å². The Morgan fingerprint density at radius 1 is 1.15 bits per heavy atom. The first-order valence-corrected chi connectivity index (χ1v) is 11.7. The minimum Gasteiger partial charge on any atom is -0.370 e. The maximum Gasteiger partial charge on any atom is 0.269 e. The Hall–Kier alpha value is -3.20. The lowest BCUT2D eigenvalue weighted by Crippen LogP contribution is -2.44. The summed E-state index contributed by atoms with van der Waals surface area (Å²) in [5.41, 5.74) is 3.41. The third-order valence-electron chi connectivity index (χ3n) is 7.28. The first-order valence-electron chi connectivity index (χ1n) is 11.7. The molecule has 0 spiro atoms. The van der Waals surface area contributed by atoms with Crippen LogP contribution in [0.25, 0.3) is 0 Å². The fourth-order valence-corrected chi connectivity index (χ4v) is 5.37. The lowest BCUT2D eigenvalue weighted by Gasteiger charge is -2.37. The second kappa shape index (κ2) is 8.97. The molecule has 2 aromatic rings. The smallest absolute Gasteiger partial charge is 0.269 e. The van der Waals surface area contributed by atoms with E-state index in [0.29, 0.717) is 35.8 Å². The number of amides is 2. The third-order valence-corrected chi connectivity index (χ3v) is 7.28. The molecule has 0 aliphatic carbocycles. The summed E-state index contributed by atoms with van der Waals surface area (Å²) in [4.78, 5) is 48.7. The lowest BCUT2D eigenvalue weighted by atomic mass is 9.96. The summed E-state index contributed by atoms with van der Waals surface area (Å²) < 4.78 is 0. The molecule has 5 rings (SSSR count). The molecule has 0 radical (unpaired) electrons. The number of hydrogen-bond acceptors (Lipinski definition) is 6. The predicted octanol–water partition coefficient (Wildman–Crippen LogP) is 0.874. The van der Waals surface area contributed by atoms with Gasteiger partial charge in [-0.3, -0.25) is 19.3 Å². The number of carbonyl (C=O) groups is 2. The summed E-state index contributed by atoms with van der Waals surface area (Å²) in [5, 5.41) is 5.43. The van der Waals surface area contributed by atoms with Gasteiger partial charge >= 0.3 is 0 Å². The number of likely N-dealkylation sites (tertiary alicyclic amines) is 1. The number of aromatic amines is 1. The Labute approximate surface area is 192 Å².